The van der Waals surface area contributed by atoms with Crippen LogP contribution in [0.1, 0.15) is 24.5 Å². The summed E-state index contributed by atoms with van der Waals surface area (Å²) in [6, 6.07) is 18.6. The fraction of sp³-hybridized carbons (Fsp3) is 0.160. The third kappa shape index (κ3) is 8.48. The molecule has 3 rings (SSSR count). The highest BCUT2D eigenvalue weighted by Gasteiger charge is 2.13. The van der Waals surface area contributed by atoms with Crippen LogP contribution in [0.4, 0.5) is 5.69 Å². The summed E-state index contributed by atoms with van der Waals surface area (Å²) in [4.78, 5) is 24.2. The number of benzene rings is 3. The molecule has 0 fully saturated rings. The Labute approximate surface area is 228 Å². The van der Waals surface area contributed by atoms with E-state index in [4.69, 9.17) is 9.47 Å². The molecule has 182 valence electrons. The maximum atomic E-state index is 12.1. The average Bonchev–Trinajstić information content (AvgIpc) is 2.81. The van der Waals surface area contributed by atoms with E-state index in [1.807, 2.05) is 37.3 Å². The molecule has 0 saturated carbocycles. The maximum Gasteiger partial charge on any atom is 0.249 e. The summed E-state index contributed by atoms with van der Waals surface area (Å²) in [5, 5.41) is 6.63. The topological polar surface area (TPSA) is 89.0 Å². The van der Waals surface area contributed by atoms with Gasteiger partial charge in [-0.25, -0.2) is 5.43 Å². The Balaban J connectivity index is 1.60. The predicted molar refractivity (Wildman–Crippen MR) is 147 cm³/mol. The second-order valence-electron chi connectivity index (χ2n) is 7.18. The average molecular weight is 668 g/mol. The van der Waals surface area contributed by atoms with Crippen molar-refractivity contribution in [3.63, 3.8) is 0 Å². The number of para-hydroxylation sites is 1. The molecule has 0 atom stereocenters. The molecule has 3 aromatic rings. The van der Waals surface area contributed by atoms with Crippen LogP contribution in [0.25, 0.3) is 0 Å². The van der Waals surface area contributed by atoms with E-state index < -0.39 is 11.8 Å². The van der Waals surface area contributed by atoms with Gasteiger partial charge in [0, 0.05) is 8.95 Å². The Morgan fingerprint density at radius 3 is 2.40 bits per heavy atom. The highest BCUT2D eigenvalue weighted by molar-refractivity contribution is 9.11. The Morgan fingerprint density at radius 2 is 1.69 bits per heavy atom. The van der Waals surface area contributed by atoms with Crippen LogP contribution in [-0.2, 0) is 16.2 Å². The zero-order chi connectivity index (χ0) is 25.2. The Morgan fingerprint density at radius 1 is 0.943 bits per heavy atom. The van der Waals surface area contributed by atoms with Gasteiger partial charge in [0.1, 0.15) is 13.0 Å². The van der Waals surface area contributed by atoms with Gasteiger partial charge in [-0.3, -0.25) is 9.59 Å². The second kappa shape index (κ2) is 13.4. The molecule has 0 unspecified atom stereocenters. The molecule has 0 aliphatic heterocycles. The zero-order valence-corrected chi connectivity index (χ0v) is 23.4. The largest absolute Gasteiger partial charge is 0.490 e. The smallest absolute Gasteiger partial charge is 0.249 e. The molecule has 0 radical (unpaired) electrons. The minimum atomic E-state index is -0.538. The van der Waals surface area contributed by atoms with Crippen molar-refractivity contribution in [3.8, 4) is 11.5 Å². The molecule has 2 amide bonds. The molecular formula is C25H22Br3N3O4. The van der Waals surface area contributed by atoms with Gasteiger partial charge in [-0.15, -0.1) is 0 Å². The van der Waals surface area contributed by atoms with Gasteiger partial charge < -0.3 is 14.8 Å². The SMILES string of the molecule is CCOc1cc(C=NNC(=O)CC(=O)Nc2ccccc2Br)cc(Br)c1OCc1ccc(Br)cc1. The minimum absolute atomic E-state index is 0.366. The monoisotopic (exact) mass is 665 g/mol. The molecule has 0 aromatic heterocycles. The van der Waals surface area contributed by atoms with Gasteiger partial charge in [0.2, 0.25) is 11.8 Å². The molecular weight excluding hydrogens is 646 g/mol. The van der Waals surface area contributed by atoms with E-state index in [1.165, 1.54) is 6.21 Å². The van der Waals surface area contributed by atoms with E-state index in [0.29, 0.717) is 40.4 Å². The lowest BCUT2D eigenvalue weighted by atomic mass is 10.2. The first-order valence-corrected chi connectivity index (χ1v) is 12.9. The maximum absolute atomic E-state index is 12.1. The van der Waals surface area contributed by atoms with Gasteiger partial charge in [0.15, 0.2) is 11.5 Å². The molecule has 0 spiro atoms. The van der Waals surface area contributed by atoms with E-state index in [9.17, 15) is 9.59 Å². The van der Waals surface area contributed by atoms with Crippen molar-refractivity contribution in [2.24, 2.45) is 5.10 Å². The first kappa shape index (κ1) is 26.9. The summed E-state index contributed by atoms with van der Waals surface area (Å²) in [5.41, 5.74) is 4.64. The van der Waals surface area contributed by atoms with Crippen LogP contribution in [0.3, 0.4) is 0 Å². The van der Waals surface area contributed by atoms with Gasteiger partial charge in [0.05, 0.1) is 23.0 Å². The number of hydrazone groups is 1. The highest BCUT2D eigenvalue weighted by Crippen LogP contribution is 2.37. The third-order valence-corrected chi connectivity index (χ3v) is 6.31. The van der Waals surface area contributed by atoms with Crippen LogP contribution < -0.4 is 20.2 Å². The predicted octanol–water partition coefficient (Wildman–Crippen LogP) is 6.43. The van der Waals surface area contributed by atoms with Crippen LogP contribution >= 0.6 is 47.8 Å². The van der Waals surface area contributed by atoms with Crippen LogP contribution in [0.15, 0.2) is 79.2 Å². The summed E-state index contributed by atoms with van der Waals surface area (Å²) >= 11 is 10.3. The van der Waals surface area contributed by atoms with E-state index >= 15 is 0 Å². The molecule has 0 aliphatic rings. The molecule has 3 aromatic carbocycles. The number of rotatable bonds is 10. The molecule has 0 aliphatic carbocycles. The highest BCUT2D eigenvalue weighted by atomic mass is 79.9. The van der Waals surface area contributed by atoms with Crippen molar-refractivity contribution < 1.29 is 19.1 Å². The number of anilines is 1. The molecule has 0 heterocycles. The van der Waals surface area contributed by atoms with E-state index in [-0.39, 0.29) is 6.42 Å². The van der Waals surface area contributed by atoms with Crippen molar-refractivity contribution >= 4 is 71.5 Å². The van der Waals surface area contributed by atoms with E-state index in [2.05, 4.69) is 63.6 Å². The summed E-state index contributed by atoms with van der Waals surface area (Å²) in [6.07, 6.45) is 1.10. The number of carbonyl (C=O) groups excluding carboxylic acids is 2. The van der Waals surface area contributed by atoms with Crippen molar-refractivity contribution in [1.29, 1.82) is 0 Å². The first-order chi connectivity index (χ1) is 16.9. The molecule has 35 heavy (non-hydrogen) atoms. The molecule has 7 nitrogen and oxygen atoms in total. The van der Waals surface area contributed by atoms with Gasteiger partial charge in [-0.1, -0.05) is 40.2 Å². The van der Waals surface area contributed by atoms with Crippen molar-refractivity contribution in [2.75, 3.05) is 11.9 Å². The number of nitrogens with one attached hydrogen (secondary N) is 2. The molecule has 0 bridgehead atoms. The molecule has 2 N–H and O–H groups in total. The first-order valence-electron chi connectivity index (χ1n) is 10.6. The fourth-order valence-corrected chi connectivity index (χ4v) is 4.15. The van der Waals surface area contributed by atoms with Crippen LogP contribution in [-0.4, -0.2) is 24.6 Å². The van der Waals surface area contributed by atoms with Gasteiger partial charge >= 0.3 is 0 Å². The van der Waals surface area contributed by atoms with Crippen LogP contribution in [0, 0.1) is 0 Å². The zero-order valence-electron chi connectivity index (χ0n) is 18.7. The summed E-state index contributed by atoms with van der Waals surface area (Å²) in [5.74, 6) is 0.127. The normalized spacial score (nSPS) is 10.7. The van der Waals surface area contributed by atoms with Crippen LogP contribution in [0.2, 0.25) is 0 Å². The molecule has 0 saturated heterocycles. The number of halogens is 3. The number of carbonyl (C=O) groups is 2. The van der Waals surface area contributed by atoms with Gasteiger partial charge in [0.25, 0.3) is 0 Å². The molecule has 10 heteroatoms. The van der Waals surface area contributed by atoms with Crippen LogP contribution in [0.5, 0.6) is 11.5 Å². The second-order valence-corrected chi connectivity index (χ2v) is 9.80. The standard InChI is InChI=1S/C25H22Br3N3O4/c1-2-34-22-12-17(11-20(28)25(22)35-15-16-7-9-18(26)10-8-16)14-29-31-24(33)13-23(32)30-21-6-4-3-5-19(21)27/h3-12,14H,2,13,15H2,1H3,(H,30,32)(H,31,33). The van der Waals surface area contributed by atoms with Gasteiger partial charge in [-0.05, 0) is 86.3 Å². The number of amides is 2. The van der Waals surface area contributed by atoms with Crippen molar-refractivity contribution in [1.82, 2.24) is 5.43 Å². The minimum Gasteiger partial charge on any atom is -0.490 e. The Bertz CT molecular complexity index is 1220. The number of hydrogen-bond acceptors (Lipinski definition) is 5. The summed E-state index contributed by atoms with van der Waals surface area (Å²) < 4.78 is 14.1. The summed E-state index contributed by atoms with van der Waals surface area (Å²) in [7, 11) is 0. The number of hydrogen-bond donors (Lipinski definition) is 2. The lowest BCUT2D eigenvalue weighted by Gasteiger charge is -2.14. The van der Waals surface area contributed by atoms with E-state index in [0.717, 1.165) is 14.5 Å². The quantitative estimate of drug-likeness (QED) is 0.148. The van der Waals surface area contributed by atoms with Crippen molar-refractivity contribution in [3.05, 3.63) is 85.2 Å². The number of ether oxygens (including phenoxy) is 2. The van der Waals surface area contributed by atoms with Gasteiger partial charge in [-0.2, -0.15) is 5.10 Å². The lowest BCUT2D eigenvalue weighted by Crippen LogP contribution is -2.24. The third-order valence-electron chi connectivity index (χ3n) is 4.50. The van der Waals surface area contributed by atoms with Crippen molar-refractivity contribution in [2.45, 2.75) is 20.0 Å². The number of nitrogens with zero attached hydrogens (tertiary/aromatic N) is 1. The lowest BCUT2D eigenvalue weighted by molar-refractivity contribution is -0.126. The Hall–Kier alpha value is -2.69. The Kier molecular flexibility index (Phi) is 10.3. The van der Waals surface area contributed by atoms with E-state index in [1.54, 1.807) is 30.3 Å². The summed E-state index contributed by atoms with van der Waals surface area (Å²) in [6.45, 7) is 2.70. The fourth-order valence-electron chi connectivity index (χ4n) is 2.92.